The average molecular weight is 283 g/mol. The molecule has 0 heterocycles. The topological polar surface area (TPSA) is 58.5 Å². The van der Waals surface area contributed by atoms with E-state index in [9.17, 15) is 9.59 Å². The second-order valence-corrected chi connectivity index (χ2v) is 4.11. The van der Waals surface area contributed by atoms with E-state index in [1.54, 1.807) is 12.1 Å². The molecule has 0 amide bonds. The Bertz CT molecular complexity index is 422. The van der Waals surface area contributed by atoms with Crippen LogP contribution in [0.4, 0.5) is 5.69 Å². The highest BCUT2D eigenvalue weighted by atomic mass is 79.9. The number of hydrogen-bond donors (Lipinski definition) is 1. The third-order valence-electron chi connectivity index (χ3n) is 1.81. The second kappa shape index (κ2) is 5.55. The van der Waals surface area contributed by atoms with Gasteiger partial charge in [0.25, 0.3) is 0 Å². The number of anilines is 1. The first kappa shape index (κ1) is 12.6. The molecule has 1 N–H and O–H groups in total. The summed E-state index contributed by atoms with van der Waals surface area (Å²) in [5, 5.41) is 3.77. The van der Waals surface area contributed by atoms with E-state index in [2.05, 4.69) is 26.5 Å². The van der Waals surface area contributed by atoms with Crippen LogP contribution >= 0.6 is 15.9 Å². The van der Waals surface area contributed by atoms with Crippen LogP contribution in [0.15, 0.2) is 33.8 Å². The van der Waals surface area contributed by atoms with Crippen molar-refractivity contribution in [2.75, 3.05) is 5.43 Å². The second-order valence-electron chi connectivity index (χ2n) is 3.19. The number of rotatable bonds is 4. The molecule has 0 aliphatic carbocycles. The first-order valence-corrected chi connectivity index (χ1v) is 5.41. The Labute approximate surface area is 102 Å². The standard InChI is InChI=1S/C11H11BrN2O2/c1-7(15)11(8(2)16)14-13-10-5-3-9(12)4-6-10/h3-6,13H,1-2H3. The molecule has 5 heteroatoms. The van der Waals surface area contributed by atoms with Crippen molar-refractivity contribution in [3.63, 3.8) is 0 Å². The Kier molecular flexibility index (Phi) is 4.37. The number of halogens is 1. The molecule has 0 saturated heterocycles. The zero-order chi connectivity index (χ0) is 12.1. The van der Waals surface area contributed by atoms with Gasteiger partial charge in [-0.3, -0.25) is 15.0 Å². The van der Waals surface area contributed by atoms with E-state index in [1.165, 1.54) is 13.8 Å². The number of hydrogen-bond acceptors (Lipinski definition) is 4. The monoisotopic (exact) mass is 282 g/mol. The molecule has 4 nitrogen and oxygen atoms in total. The maximum atomic E-state index is 11.1. The first-order valence-electron chi connectivity index (χ1n) is 4.62. The number of carbonyl (C=O) groups is 2. The van der Waals surface area contributed by atoms with E-state index in [4.69, 9.17) is 0 Å². The fraction of sp³-hybridized carbons (Fsp3) is 0.182. The molecule has 0 unspecified atom stereocenters. The normalized spacial score (nSPS) is 9.44. The van der Waals surface area contributed by atoms with Crippen LogP contribution in [0.5, 0.6) is 0 Å². The van der Waals surface area contributed by atoms with Gasteiger partial charge in [-0.1, -0.05) is 15.9 Å². The summed E-state index contributed by atoms with van der Waals surface area (Å²) in [5.41, 5.74) is 3.29. The van der Waals surface area contributed by atoms with Crippen LogP contribution in [0.1, 0.15) is 13.8 Å². The van der Waals surface area contributed by atoms with Gasteiger partial charge < -0.3 is 0 Å². The molecule has 0 radical (unpaired) electrons. The minimum atomic E-state index is -0.350. The van der Waals surface area contributed by atoms with Gasteiger partial charge in [0.05, 0.1) is 5.69 Å². The first-order chi connectivity index (χ1) is 7.50. The van der Waals surface area contributed by atoms with Crippen LogP contribution in [0.2, 0.25) is 0 Å². The molecule has 0 saturated carbocycles. The Morgan fingerprint density at radius 1 is 1.12 bits per heavy atom. The van der Waals surface area contributed by atoms with Gasteiger partial charge in [0.2, 0.25) is 0 Å². The largest absolute Gasteiger partial charge is 0.293 e. The number of benzene rings is 1. The lowest BCUT2D eigenvalue weighted by Crippen LogP contribution is -2.20. The SMILES string of the molecule is CC(=O)C(=NNc1ccc(Br)cc1)C(C)=O. The van der Waals surface area contributed by atoms with Gasteiger partial charge in [0, 0.05) is 18.3 Å². The van der Waals surface area contributed by atoms with E-state index in [-0.39, 0.29) is 17.3 Å². The lowest BCUT2D eigenvalue weighted by Gasteiger charge is -2.02. The molecule has 0 aliphatic rings. The minimum Gasteiger partial charge on any atom is -0.293 e. The fourth-order valence-corrected chi connectivity index (χ4v) is 1.31. The highest BCUT2D eigenvalue weighted by molar-refractivity contribution is 9.10. The van der Waals surface area contributed by atoms with E-state index < -0.39 is 0 Å². The highest BCUT2D eigenvalue weighted by Crippen LogP contribution is 2.13. The van der Waals surface area contributed by atoms with Gasteiger partial charge in [-0.2, -0.15) is 5.10 Å². The zero-order valence-electron chi connectivity index (χ0n) is 8.95. The molecule has 0 bridgehead atoms. The summed E-state index contributed by atoms with van der Waals surface area (Å²) in [4.78, 5) is 22.1. The van der Waals surface area contributed by atoms with E-state index in [1.807, 2.05) is 12.1 Å². The summed E-state index contributed by atoms with van der Waals surface area (Å²) in [6, 6.07) is 7.23. The van der Waals surface area contributed by atoms with Crippen molar-refractivity contribution in [3.05, 3.63) is 28.7 Å². The van der Waals surface area contributed by atoms with Crippen molar-refractivity contribution in [2.45, 2.75) is 13.8 Å². The van der Waals surface area contributed by atoms with Gasteiger partial charge in [0.15, 0.2) is 17.3 Å². The van der Waals surface area contributed by atoms with Gasteiger partial charge >= 0.3 is 0 Å². The van der Waals surface area contributed by atoms with Crippen molar-refractivity contribution >= 4 is 38.9 Å². The lowest BCUT2D eigenvalue weighted by atomic mass is 10.2. The smallest absolute Gasteiger partial charge is 0.183 e. The molecule has 1 aromatic rings. The van der Waals surface area contributed by atoms with Gasteiger partial charge in [-0.25, -0.2) is 0 Å². The molecule has 1 rings (SSSR count). The number of carbonyl (C=O) groups excluding carboxylic acids is 2. The predicted molar refractivity (Wildman–Crippen MR) is 66.6 cm³/mol. The van der Waals surface area contributed by atoms with Gasteiger partial charge in [-0.05, 0) is 24.3 Å². The molecular weight excluding hydrogens is 272 g/mol. The van der Waals surface area contributed by atoms with Gasteiger partial charge in [-0.15, -0.1) is 0 Å². The van der Waals surface area contributed by atoms with Crippen molar-refractivity contribution in [3.8, 4) is 0 Å². The van der Waals surface area contributed by atoms with Crippen molar-refractivity contribution in [2.24, 2.45) is 5.10 Å². The Balaban J connectivity index is 2.81. The Hall–Kier alpha value is -1.49. The maximum Gasteiger partial charge on any atom is 0.183 e. The number of nitrogens with one attached hydrogen (secondary N) is 1. The molecule has 0 aliphatic heterocycles. The lowest BCUT2D eigenvalue weighted by molar-refractivity contribution is -0.114. The maximum absolute atomic E-state index is 11.1. The summed E-state index contributed by atoms with van der Waals surface area (Å²) >= 11 is 3.30. The molecule has 84 valence electrons. The third kappa shape index (κ3) is 3.58. The van der Waals surface area contributed by atoms with E-state index >= 15 is 0 Å². The van der Waals surface area contributed by atoms with E-state index in [0.29, 0.717) is 5.69 Å². The molecule has 0 atom stereocenters. The minimum absolute atomic E-state index is 0.0806. The zero-order valence-corrected chi connectivity index (χ0v) is 10.5. The number of Topliss-reactive ketones (excluding diaryl/α,β-unsaturated/α-hetero) is 2. The highest BCUT2D eigenvalue weighted by Gasteiger charge is 2.11. The molecule has 0 aromatic heterocycles. The summed E-state index contributed by atoms with van der Waals surface area (Å²) in [6.07, 6.45) is 0. The summed E-state index contributed by atoms with van der Waals surface area (Å²) in [6.45, 7) is 2.62. The number of hydrazone groups is 1. The van der Waals surface area contributed by atoms with Gasteiger partial charge in [0.1, 0.15) is 0 Å². The molecule has 0 fully saturated rings. The number of ketones is 2. The van der Waals surface area contributed by atoms with Crippen LogP contribution in [-0.2, 0) is 9.59 Å². The van der Waals surface area contributed by atoms with Crippen LogP contribution in [0.25, 0.3) is 0 Å². The molecule has 0 spiro atoms. The number of nitrogens with zero attached hydrogens (tertiary/aromatic N) is 1. The van der Waals surface area contributed by atoms with Crippen LogP contribution in [0, 0.1) is 0 Å². The fourth-order valence-electron chi connectivity index (χ4n) is 1.05. The Morgan fingerprint density at radius 2 is 1.62 bits per heavy atom. The average Bonchev–Trinajstić information content (AvgIpc) is 2.20. The Morgan fingerprint density at radius 3 is 2.06 bits per heavy atom. The summed E-state index contributed by atoms with van der Waals surface area (Å²) < 4.78 is 0.945. The summed E-state index contributed by atoms with van der Waals surface area (Å²) in [5.74, 6) is -0.700. The van der Waals surface area contributed by atoms with Crippen molar-refractivity contribution in [1.82, 2.24) is 0 Å². The van der Waals surface area contributed by atoms with E-state index in [0.717, 1.165) is 4.47 Å². The van der Waals surface area contributed by atoms with Crippen LogP contribution in [0.3, 0.4) is 0 Å². The van der Waals surface area contributed by atoms with Crippen molar-refractivity contribution < 1.29 is 9.59 Å². The quantitative estimate of drug-likeness (QED) is 0.524. The molecule has 1 aromatic carbocycles. The molecular formula is C11H11BrN2O2. The summed E-state index contributed by atoms with van der Waals surface area (Å²) in [7, 11) is 0. The predicted octanol–water partition coefficient (Wildman–Crippen LogP) is 2.40. The third-order valence-corrected chi connectivity index (χ3v) is 2.34. The van der Waals surface area contributed by atoms with Crippen LogP contribution in [-0.4, -0.2) is 17.3 Å². The van der Waals surface area contributed by atoms with Crippen LogP contribution < -0.4 is 5.43 Å². The molecule has 16 heavy (non-hydrogen) atoms. The van der Waals surface area contributed by atoms with Crippen molar-refractivity contribution in [1.29, 1.82) is 0 Å².